The van der Waals surface area contributed by atoms with Crippen molar-refractivity contribution in [1.29, 1.82) is 0 Å². The maximum Gasteiger partial charge on any atom is 0.189 e. The van der Waals surface area contributed by atoms with Crippen LogP contribution in [0.4, 0.5) is 0 Å². The monoisotopic (exact) mass is 339 g/mol. The van der Waals surface area contributed by atoms with E-state index in [1.54, 1.807) is 0 Å². The van der Waals surface area contributed by atoms with E-state index in [-0.39, 0.29) is 0 Å². The van der Waals surface area contributed by atoms with Crippen LogP contribution in [0.25, 0.3) is 21.7 Å². The lowest BCUT2D eigenvalue weighted by molar-refractivity contribution is 1.14. The van der Waals surface area contributed by atoms with E-state index < -0.39 is 0 Å². The van der Waals surface area contributed by atoms with Crippen LogP contribution in [-0.2, 0) is 0 Å². The van der Waals surface area contributed by atoms with Crippen molar-refractivity contribution in [2.75, 3.05) is 0 Å². The summed E-state index contributed by atoms with van der Waals surface area (Å²) in [6.45, 7) is 1.95. The van der Waals surface area contributed by atoms with Gasteiger partial charge in [0.05, 0.1) is 10.5 Å². The van der Waals surface area contributed by atoms with E-state index in [0.717, 1.165) is 26.2 Å². The van der Waals surface area contributed by atoms with Gasteiger partial charge >= 0.3 is 0 Å². The minimum Gasteiger partial charge on any atom is -0.231 e. The number of fused-ring (bicyclic) bond motifs is 1. The Hall–Kier alpha value is -1.04. The molecule has 90 valence electrons. The van der Waals surface area contributed by atoms with Gasteiger partial charge in [-0.2, -0.15) is 0 Å². The molecule has 3 rings (SSSR count). The molecule has 0 radical (unpaired) electrons. The summed E-state index contributed by atoms with van der Waals surface area (Å²) < 4.78 is 0.794. The number of hydrogen-bond acceptors (Lipinski definition) is 4. The van der Waals surface area contributed by atoms with Crippen LogP contribution >= 0.6 is 38.9 Å². The van der Waals surface area contributed by atoms with Gasteiger partial charge in [-0.15, -0.1) is 11.3 Å². The summed E-state index contributed by atoms with van der Waals surface area (Å²) in [7, 11) is 0. The zero-order valence-electron chi connectivity index (χ0n) is 9.32. The molecule has 2 aromatic heterocycles. The molecule has 0 fully saturated rings. The molecule has 1 aromatic carbocycles. The van der Waals surface area contributed by atoms with Crippen molar-refractivity contribution in [1.82, 2.24) is 15.0 Å². The molecule has 0 N–H and O–H groups in total. The number of nitrogens with zero attached hydrogens (tertiary/aromatic N) is 3. The van der Waals surface area contributed by atoms with Crippen LogP contribution in [0.15, 0.2) is 28.2 Å². The van der Waals surface area contributed by atoms with Gasteiger partial charge < -0.3 is 0 Å². The van der Waals surface area contributed by atoms with Gasteiger partial charge in [0, 0.05) is 16.5 Å². The molecule has 18 heavy (non-hydrogen) atoms. The minimum absolute atomic E-state index is 0.615. The number of rotatable bonds is 1. The molecule has 3 nitrogen and oxygen atoms in total. The summed E-state index contributed by atoms with van der Waals surface area (Å²) in [5, 5.41) is 4.30. The van der Waals surface area contributed by atoms with Gasteiger partial charge in [0.1, 0.15) is 4.60 Å². The fourth-order valence-corrected chi connectivity index (χ4v) is 3.12. The summed E-state index contributed by atoms with van der Waals surface area (Å²) >= 11 is 11.0. The Balaban J connectivity index is 2.29. The molecule has 3 aromatic rings. The predicted molar refractivity (Wildman–Crippen MR) is 78.1 cm³/mol. The number of aromatic nitrogens is 3. The zero-order chi connectivity index (χ0) is 12.7. The molecule has 0 bridgehead atoms. The number of benzene rings is 1. The van der Waals surface area contributed by atoms with E-state index in [0.29, 0.717) is 10.8 Å². The second kappa shape index (κ2) is 4.57. The fraction of sp³-hybridized carbons (Fsp3) is 0.0833. The first kappa shape index (κ1) is 12.0. The van der Waals surface area contributed by atoms with Crippen LogP contribution in [0, 0.1) is 6.92 Å². The molecule has 6 heteroatoms. The minimum atomic E-state index is 0.615. The molecule has 0 atom stereocenters. The summed E-state index contributed by atoms with van der Waals surface area (Å²) in [4.78, 5) is 13.3. The summed E-state index contributed by atoms with van der Waals surface area (Å²) in [6, 6.07) is 5.71. The molecule has 0 saturated heterocycles. The normalized spacial score (nSPS) is 11.1. The molecule has 0 saturated carbocycles. The average Bonchev–Trinajstić information content (AvgIpc) is 2.77. The lowest BCUT2D eigenvalue weighted by Crippen LogP contribution is -1.94. The van der Waals surface area contributed by atoms with E-state index in [4.69, 9.17) is 11.6 Å². The standard InChI is InChI=1S/C12H7BrClN3S/c1-6-7-3-2-4-8(14)10(7)17-11(15-6)12-16-9(13)5-18-12/h2-5H,1H3. The first-order chi connectivity index (χ1) is 8.65. The fourth-order valence-electron chi connectivity index (χ4n) is 1.72. The van der Waals surface area contributed by atoms with Crippen LogP contribution in [0.3, 0.4) is 0 Å². The second-order valence-electron chi connectivity index (χ2n) is 3.74. The van der Waals surface area contributed by atoms with Gasteiger partial charge in [0.25, 0.3) is 0 Å². The van der Waals surface area contributed by atoms with E-state index in [9.17, 15) is 0 Å². The zero-order valence-corrected chi connectivity index (χ0v) is 12.5. The smallest absolute Gasteiger partial charge is 0.189 e. The number of para-hydroxylation sites is 1. The molecular weight excluding hydrogens is 334 g/mol. The summed E-state index contributed by atoms with van der Waals surface area (Å²) in [5.41, 5.74) is 1.68. The first-order valence-corrected chi connectivity index (χ1v) is 7.24. The third-order valence-corrected chi connectivity index (χ3v) is 4.39. The highest BCUT2D eigenvalue weighted by Crippen LogP contribution is 2.28. The molecule has 0 aliphatic rings. The second-order valence-corrected chi connectivity index (χ2v) is 5.82. The summed E-state index contributed by atoms with van der Waals surface area (Å²) in [6.07, 6.45) is 0. The Morgan fingerprint density at radius 1 is 1.22 bits per heavy atom. The predicted octanol–water partition coefficient (Wildman–Crippen LogP) is 4.48. The summed E-state index contributed by atoms with van der Waals surface area (Å²) in [5.74, 6) is 0.615. The highest BCUT2D eigenvalue weighted by molar-refractivity contribution is 9.10. The van der Waals surface area contributed by atoms with Gasteiger partial charge in [0.2, 0.25) is 0 Å². The lowest BCUT2D eigenvalue weighted by Gasteiger charge is -2.04. The molecule has 0 aliphatic heterocycles. The number of hydrogen-bond donors (Lipinski definition) is 0. The van der Waals surface area contributed by atoms with E-state index in [1.165, 1.54) is 11.3 Å². The van der Waals surface area contributed by atoms with E-state index in [2.05, 4.69) is 30.9 Å². The maximum absolute atomic E-state index is 6.18. The molecule has 2 heterocycles. The van der Waals surface area contributed by atoms with Crippen molar-refractivity contribution in [2.45, 2.75) is 6.92 Å². The topological polar surface area (TPSA) is 38.7 Å². The van der Waals surface area contributed by atoms with Gasteiger partial charge in [0.15, 0.2) is 10.8 Å². The van der Waals surface area contributed by atoms with Crippen molar-refractivity contribution in [3.8, 4) is 10.8 Å². The Morgan fingerprint density at radius 2 is 2.06 bits per heavy atom. The lowest BCUT2D eigenvalue weighted by atomic mass is 10.2. The Kier molecular flexibility index (Phi) is 3.05. The van der Waals surface area contributed by atoms with Crippen molar-refractivity contribution in [2.24, 2.45) is 0 Å². The largest absolute Gasteiger partial charge is 0.231 e. The van der Waals surface area contributed by atoms with Gasteiger partial charge in [-0.1, -0.05) is 23.7 Å². The van der Waals surface area contributed by atoms with Crippen LogP contribution in [0.1, 0.15) is 5.69 Å². The number of thiazole rings is 1. The SMILES string of the molecule is Cc1nc(-c2nc(Br)cs2)nc2c(Cl)cccc12. The highest BCUT2D eigenvalue weighted by atomic mass is 79.9. The maximum atomic E-state index is 6.18. The van der Waals surface area contributed by atoms with Crippen LogP contribution < -0.4 is 0 Å². The van der Waals surface area contributed by atoms with Gasteiger partial charge in [-0.3, -0.25) is 0 Å². The quantitative estimate of drug-likeness (QED) is 0.655. The molecular formula is C12H7BrClN3S. The molecule has 0 unspecified atom stereocenters. The van der Waals surface area contributed by atoms with Crippen LogP contribution in [0.2, 0.25) is 5.02 Å². The van der Waals surface area contributed by atoms with Crippen molar-refractivity contribution < 1.29 is 0 Å². The van der Waals surface area contributed by atoms with Crippen molar-refractivity contribution in [3.63, 3.8) is 0 Å². The number of aryl methyl sites for hydroxylation is 1. The number of halogens is 2. The van der Waals surface area contributed by atoms with Gasteiger partial charge in [-0.05, 0) is 28.9 Å². The highest BCUT2D eigenvalue weighted by Gasteiger charge is 2.11. The van der Waals surface area contributed by atoms with Crippen molar-refractivity contribution in [3.05, 3.63) is 38.9 Å². The Labute approximate surface area is 121 Å². The third kappa shape index (κ3) is 2.02. The average molecular weight is 341 g/mol. The van der Waals surface area contributed by atoms with Gasteiger partial charge in [-0.25, -0.2) is 15.0 Å². The molecule has 0 aliphatic carbocycles. The van der Waals surface area contributed by atoms with Crippen LogP contribution in [-0.4, -0.2) is 15.0 Å². The molecule has 0 spiro atoms. The van der Waals surface area contributed by atoms with Crippen molar-refractivity contribution >= 4 is 49.8 Å². The van der Waals surface area contributed by atoms with E-state index >= 15 is 0 Å². The molecule has 0 amide bonds. The Morgan fingerprint density at radius 3 is 2.78 bits per heavy atom. The third-order valence-electron chi connectivity index (χ3n) is 2.54. The van der Waals surface area contributed by atoms with Crippen LogP contribution in [0.5, 0.6) is 0 Å². The first-order valence-electron chi connectivity index (χ1n) is 5.19. The van der Waals surface area contributed by atoms with E-state index in [1.807, 2.05) is 30.5 Å². The Bertz CT molecular complexity index is 741.